The summed E-state index contributed by atoms with van der Waals surface area (Å²) in [5, 5.41) is 16.1. The molecule has 0 saturated carbocycles. The molecule has 36 heavy (non-hydrogen) atoms. The van der Waals surface area contributed by atoms with E-state index >= 15 is 0 Å². The number of nitrogens with zero attached hydrogens (tertiary/aromatic N) is 4. The zero-order chi connectivity index (χ0) is 25.2. The topological polar surface area (TPSA) is 104 Å². The number of methoxy groups -OCH3 is 1. The van der Waals surface area contributed by atoms with Gasteiger partial charge in [0.25, 0.3) is 5.91 Å². The highest BCUT2D eigenvalue weighted by atomic mass is 19.1. The summed E-state index contributed by atoms with van der Waals surface area (Å²) in [5.74, 6) is 0.162. The van der Waals surface area contributed by atoms with Gasteiger partial charge in [0.1, 0.15) is 0 Å². The number of aromatic nitrogens is 3. The van der Waals surface area contributed by atoms with Gasteiger partial charge < -0.3 is 25.4 Å². The molecule has 3 heterocycles. The van der Waals surface area contributed by atoms with Crippen LogP contribution in [-0.2, 0) is 0 Å². The Hall–Kier alpha value is -4.02. The minimum atomic E-state index is -0.450. The maximum Gasteiger partial charge on any atom is 0.254 e. The molecule has 1 fully saturated rings. The van der Waals surface area contributed by atoms with E-state index in [1.54, 1.807) is 41.7 Å². The first kappa shape index (κ1) is 23.7. The quantitative estimate of drug-likeness (QED) is 0.382. The van der Waals surface area contributed by atoms with Crippen LogP contribution in [0.2, 0.25) is 0 Å². The first-order chi connectivity index (χ1) is 17.5. The maximum absolute atomic E-state index is 14.3. The molecule has 1 unspecified atom stereocenters. The van der Waals surface area contributed by atoms with Gasteiger partial charge >= 0.3 is 0 Å². The molecule has 3 N–H and O–H groups in total. The Balaban J connectivity index is 1.41. The number of hydrogen-bond acceptors (Lipinski definition) is 7. The highest BCUT2D eigenvalue weighted by Crippen LogP contribution is 2.29. The van der Waals surface area contributed by atoms with Crippen molar-refractivity contribution in [3.8, 4) is 17.0 Å². The van der Waals surface area contributed by atoms with E-state index in [0.717, 1.165) is 11.3 Å². The standard InChI is InChI=1S/C26H27FN6O3/c1-16-11-18(4-5-20(16)26(35)32-9-7-28-13-19(32)15-34)31-24-25-30-14-22(33(25)10-8-29-24)17-3-6-23(36-2)21(27)12-17/h3-6,8,10-12,14,19,28,34H,7,9,13,15H2,1-2H3,(H,29,31). The van der Waals surface area contributed by atoms with Crippen molar-refractivity contribution in [2.24, 2.45) is 0 Å². The molecule has 0 aliphatic carbocycles. The lowest BCUT2D eigenvalue weighted by molar-refractivity contribution is 0.0535. The van der Waals surface area contributed by atoms with Gasteiger partial charge in [0.2, 0.25) is 0 Å². The molecule has 0 bridgehead atoms. The lowest BCUT2D eigenvalue weighted by Gasteiger charge is -2.35. The van der Waals surface area contributed by atoms with Gasteiger partial charge in [-0.25, -0.2) is 14.4 Å². The number of carbonyl (C=O) groups is 1. The number of piperazine rings is 1. The molecule has 0 spiro atoms. The van der Waals surface area contributed by atoms with Gasteiger partial charge in [0.05, 0.1) is 31.6 Å². The SMILES string of the molecule is COc1ccc(-c2cnc3c(Nc4ccc(C(=O)N5CCNCC5CO)c(C)c4)nccn23)cc1F. The lowest BCUT2D eigenvalue weighted by atomic mass is 10.0. The molecule has 1 amide bonds. The molecule has 2 aromatic carbocycles. The van der Waals surface area contributed by atoms with E-state index in [-0.39, 0.29) is 24.3 Å². The third-order valence-electron chi connectivity index (χ3n) is 6.42. The molecule has 186 valence electrons. The van der Waals surface area contributed by atoms with Gasteiger partial charge in [-0.05, 0) is 48.9 Å². The van der Waals surface area contributed by atoms with Crippen molar-refractivity contribution in [2.75, 3.05) is 38.7 Å². The smallest absolute Gasteiger partial charge is 0.254 e. The number of aliphatic hydroxyl groups excluding tert-OH is 1. The second kappa shape index (κ2) is 9.92. The zero-order valence-corrected chi connectivity index (χ0v) is 20.0. The molecule has 10 heteroatoms. The Labute approximate surface area is 207 Å². The molecular formula is C26H27FN6O3. The molecule has 4 aromatic rings. The number of fused-ring (bicyclic) bond motifs is 1. The second-order valence-corrected chi connectivity index (χ2v) is 8.66. The summed E-state index contributed by atoms with van der Waals surface area (Å²) in [6, 6.07) is 10.0. The number of aryl methyl sites for hydroxylation is 1. The maximum atomic E-state index is 14.3. The molecule has 1 aliphatic rings. The Kier molecular flexibility index (Phi) is 6.53. The van der Waals surface area contributed by atoms with E-state index in [9.17, 15) is 14.3 Å². The Bertz CT molecular complexity index is 1420. The number of ether oxygens (including phenoxy) is 1. The van der Waals surface area contributed by atoms with Crippen LogP contribution >= 0.6 is 0 Å². The van der Waals surface area contributed by atoms with Crippen molar-refractivity contribution in [2.45, 2.75) is 13.0 Å². The van der Waals surface area contributed by atoms with Crippen LogP contribution in [-0.4, -0.2) is 69.7 Å². The second-order valence-electron chi connectivity index (χ2n) is 8.66. The number of amides is 1. The molecule has 1 aliphatic heterocycles. The van der Waals surface area contributed by atoms with Crippen molar-refractivity contribution in [1.29, 1.82) is 0 Å². The van der Waals surface area contributed by atoms with Gasteiger partial charge in [0.15, 0.2) is 23.0 Å². The van der Waals surface area contributed by atoms with Gasteiger partial charge in [-0.3, -0.25) is 9.20 Å². The number of hydrogen-bond donors (Lipinski definition) is 3. The minimum Gasteiger partial charge on any atom is -0.494 e. The van der Waals surface area contributed by atoms with Gasteiger partial charge in [-0.1, -0.05) is 0 Å². The highest BCUT2D eigenvalue weighted by molar-refractivity contribution is 5.96. The molecular weight excluding hydrogens is 463 g/mol. The van der Waals surface area contributed by atoms with Gasteiger partial charge in [-0.2, -0.15) is 0 Å². The molecule has 1 atom stereocenters. The summed E-state index contributed by atoms with van der Waals surface area (Å²) < 4.78 is 21.1. The van der Waals surface area contributed by atoms with Crippen LogP contribution in [0.3, 0.4) is 0 Å². The molecule has 0 radical (unpaired) electrons. The van der Waals surface area contributed by atoms with Crippen LogP contribution in [0, 0.1) is 12.7 Å². The summed E-state index contributed by atoms with van der Waals surface area (Å²) in [4.78, 5) is 23.8. The Morgan fingerprint density at radius 2 is 2.14 bits per heavy atom. The fraction of sp³-hybridized carbons (Fsp3) is 0.269. The summed E-state index contributed by atoms with van der Waals surface area (Å²) in [6.07, 6.45) is 5.08. The molecule has 2 aromatic heterocycles. The van der Waals surface area contributed by atoms with E-state index in [2.05, 4.69) is 20.6 Å². The fourth-order valence-corrected chi connectivity index (χ4v) is 4.51. The van der Waals surface area contributed by atoms with E-state index in [0.29, 0.717) is 47.9 Å². The summed E-state index contributed by atoms with van der Waals surface area (Å²) in [7, 11) is 1.43. The first-order valence-corrected chi connectivity index (χ1v) is 11.7. The monoisotopic (exact) mass is 490 g/mol. The molecule has 5 rings (SSSR count). The largest absolute Gasteiger partial charge is 0.494 e. The third kappa shape index (κ3) is 4.36. The van der Waals surface area contributed by atoms with E-state index in [1.807, 2.05) is 23.5 Å². The van der Waals surface area contributed by atoms with Crippen molar-refractivity contribution in [3.63, 3.8) is 0 Å². The normalized spacial score (nSPS) is 15.8. The third-order valence-corrected chi connectivity index (χ3v) is 6.42. The van der Waals surface area contributed by atoms with Crippen LogP contribution in [0.25, 0.3) is 16.9 Å². The predicted octanol–water partition coefficient (Wildman–Crippen LogP) is 3.00. The number of halogens is 1. The number of benzene rings is 2. The van der Waals surface area contributed by atoms with Crippen molar-refractivity contribution >= 4 is 23.1 Å². The average Bonchev–Trinajstić information content (AvgIpc) is 3.33. The van der Waals surface area contributed by atoms with Crippen LogP contribution in [0.5, 0.6) is 5.75 Å². The number of rotatable bonds is 6. The van der Waals surface area contributed by atoms with Crippen LogP contribution in [0.4, 0.5) is 15.9 Å². The predicted molar refractivity (Wildman–Crippen MR) is 134 cm³/mol. The lowest BCUT2D eigenvalue weighted by Crippen LogP contribution is -2.55. The van der Waals surface area contributed by atoms with Crippen molar-refractivity contribution < 1.29 is 19.0 Å². The van der Waals surface area contributed by atoms with E-state index in [1.165, 1.54) is 13.2 Å². The Morgan fingerprint density at radius 1 is 1.28 bits per heavy atom. The van der Waals surface area contributed by atoms with Crippen LogP contribution in [0.15, 0.2) is 55.0 Å². The van der Waals surface area contributed by atoms with Crippen molar-refractivity contribution in [1.82, 2.24) is 24.6 Å². The average molecular weight is 491 g/mol. The Morgan fingerprint density at radius 3 is 2.89 bits per heavy atom. The number of aliphatic hydroxyl groups is 1. The molecule has 1 saturated heterocycles. The van der Waals surface area contributed by atoms with Crippen molar-refractivity contribution in [3.05, 3.63) is 71.9 Å². The number of carbonyl (C=O) groups excluding carboxylic acids is 1. The van der Waals surface area contributed by atoms with Gasteiger partial charge in [-0.15, -0.1) is 0 Å². The number of imidazole rings is 1. The van der Waals surface area contributed by atoms with E-state index in [4.69, 9.17) is 4.74 Å². The van der Waals surface area contributed by atoms with Crippen LogP contribution in [0.1, 0.15) is 15.9 Å². The van der Waals surface area contributed by atoms with E-state index < -0.39 is 5.82 Å². The summed E-state index contributed by atoms with van der Waals surface area (Å²) >= 11 is 0. The summed E-state index contributed by atoms with van der Waals surface area (Å²) in [6.45, 7) is 3.63. The van der Waals surface area contributed by atoms with Gasteiger partial charge in [0, 0.05) is 48.8 Å². The first-order valence-electron chi connectivity index (χ1n) is 11.7. The summed E-state index contributed by atoms with van der Waals surface area (Å²) in [5.41, 5.74) is 4.10. The highest BCUT2D eigenvalue weighted by Gasteiger charge is 2.27. The zero-order valence-electron chi connectivity index (χ0n) is 20.0. The number of anilines is 2. The minimum absolute atomic E-state index is 0.0808. The van der Waals surface area contributed by atoms with Crippen LogP contribution < -0.4 is 15.4 Å². The number of nitrogens with one attached hydrogen (secondary N) is 2. The molecule has 9 nitrogen and oxygen atoms in total. The fourth-order valence-electron chi connectivity index (χ4n) is 4.51.